The van der Waals surface area contributed by atoms with Crippen LogP contribution in [0.25, 0.3) is 133 Å². The van der Waals surface area contributed by atoms with Crippen LogP contribution in [0.1, 0.15) is 0 Å². The van der Waals surface area contributed by atoms with Crippen molar-refractivity contribution in [1.29, 1.82) is 0 Å². The molecule has 0 N–H and O–H groups in total. The Balaban J connectivity index is 1.01. The largest absolute Gasteiger partial charge is 0.456 e. The van der Waals surface area contributed by atoms with Crippen molar-refractivity contribution in [2.45, 2.75) is 0 Å². The SMILES string of the molecule is c1ccc(-c2ccc(-c3c4c(cc5c(-c6ccc(-c7cc(-c8cc9ccccc9c9ccccc89)nc(-c8ccccc8)n7)cc6)nc6ccccc6c35)oc3ccccc34)cc2)cc1. The molecule has 0 radical (unpaired) electrons. The molecule has 0 unspecified atom stereocenters. The van der Waals surface area contributed by atoms with Crippen molar-refractivity contribution < 1.29 is 4.42 Å². The van der Waals surface area contributed by atoms with Crippen LogP contribution in [0.2, 0.25) is 0 Å². The van der Waals surface area contributed by atoms with E-state index in [1.54, 1.807) is 0 Å². The van der Waals surface area contributed by atoms with Gasteiger partial charge in [-0.1, -0.05) is 194 Å². The quantitative estimate of drug-likeness (QED) is 0.157. The molecule has 0 aliphatic carbocycles. The third-order valence-corrected chi connectivity index (χ3v) is 12.9. The fourth-order valence-electron chi connectivity index (χ4n) is 9.80. The van der Waals surface area contributed by atoms with Crippen molar-refractivity contribution in [2.75, 3.05) is 0 Å². The van der Waals surface area contributed by atoms with E-state index in [2.05, 4.69) is 200 Å². The Bertz CT molecular complexity index is 3970. The summed E-state index contributed by atoms with van der Waals surface area (Å²) in [5.74, 6) is 0.681. The molecule has 0 bridgehead atoms. The van der Waals surface area contributed by atoms with E-state index in [9.17, 15) is 0 Å². The van der Waals surface area contributed by atoms with E-state index in [-0.39, 0.29) is 0 Å². The number of nitrogens with zero attached hydrogens (tertiary/aromatic N) is 3. The fraction of sp³-hybridized carbons (Fsp3) is 0. The molecule has 0 spiro atoms. The van der Waals surface area contributed by atoms with Crippen LogP contribution in [0.4, 0.5) is 0 Å². The highest BCUT2D eigenvalue weighted by molar-refractivity contribution is 6.28. The van der Waals surface area contributed by atoms with Crippen molar-refractivity contribution in [1.82, 2.24) is 15.0 Å². The van der Waals surface area contributed by atoms with Crippen molar-refractivity contribution in [2.24, 2.45) is 0 Å². The molecule has 0 saturated carbocycles. The molecular formula is C61H37N3O. The standard InChI is InChI=1S/C61H37N3O/c1-3-15-38(16-4-1)39-27-31-41(32-28-39)57-58-48-23-11-13-25-52(48)62-60(51(58)36-56-59(57)49-24-12-14-26-55(49)65-56)42-33-29-40(30-34-42)53-37-54(64-61(63-53)43-17-5-2-6-18-43)50-35-44-19-7-8-20-45(44)46-21-9-10-22-47(46)50/h1-37H. The van der Waals surface area contributed by atoms with Crippen molar-refractivity contribution in [3.05, 3.63) is 224 Å². The Hall–Kier alpha value is -8.73. The van der Waals surface area contributed by atoms with Crippen LogP contribution < -0.4 is 0 Å². The number of para-hydroxylation sites is 2. The van der Waals surface area contributed by atoms with Crippen molar-refractivity contribution >= 4 is 65.2 Å². The highest BCUT2D eigenvalue weighted by atomic mass is 16.3. The van der Waals surface area contributed by atoms with E-state index >= 15 is 0 Å². The number of hydrogen-bond acceptors (Lipinski definition) is 4. The minimum atomic E-state index is 0.681. The second kappa shape index (κ2) is 15.0. The van der Waals surface area contributed by atoms with Crippen LogP contribution in [0, 0.1) is 0 Å². The molecule has 3 aromatic heterocycles. The Morgan fingerprint density at radius 1 is 0.308 bits per heavy atom. The van der Waals surface area contributed by atoms with Gasteiger partial charge in [-0.05, 0) is 68.6 Å². The predicted octanol–water partition coefficient (Wildman–Crippen LogP) is 16.4. The molecule has 0 atom stereocenters. The van der Waals surface area contributed by atoms with Crippen LogP contribution in [0.3, 0.4) is 0 Å². The Labute approximate surface area is 374 Å². The minimum Gasteiger partial charge on any atom is -0.456 e. The minimum absolute atomic E-state index is 0.681. The van der Waals surface area contributed by atoms with Gasteiger partial charge >= 0.3 is 0 Å². The lowest BCUT2D eigenvalue weighted by Crippen LogP contribution is -1.97. The predicted molar refractivity (Wildman–Crippen MR) is 270 cm³/mol. The summed E-state index contributed by atoms with van der Waals surface area (Å²) in [5.41, 5.74) is 13.9. The smallest absolute Gasteiger partial charge is 0.160 e. The van der Waals surface area contributed by atoms with E-state index in [4.69, 9.17) is 19.4 Å². The molecule has 65 heavy (non-hydrogen) atoms. The van der Waals surface area contributed by atoms with Gasteiger partial charge in [-0.25, -0.2) is 15.0 Å². The van der Waals surface area contributed by atoms with Gasteiger partial charge in [-0.3, -0.25) is 0 Å². The van der Waals surface area contributed by atoms with Gasteiger partial charge in [0.05, 0.1) is 22.6 Å². The number of benzene rings is 10. The van der Waals surface area contributed by atoms with Gasteiger partial charge in [0, 0.05) is 54.7 Å². The van der Waals surface area contributed by atoms with Gasteiger partial charge in [0.25, 0.3) is 0 Å². The van der Waals surface area contributed by atoms with E-state index in [0.29, 0.717) is 5.82 Å². The molecule has 4 heteroatoms. The fourth-order valence-corrected chi connectivity index (χ4v) is 9.80. The zero-order valence-electron chi connectivity index (χ0n) is 35.1. The van der Waals surface area contributed by atoms with Crippen LogP contribution in [-0.2, 0) is 0 Å². The maximum atomic E-state index is 6.70. The molecule has 0 aliphatic rings. The lowest BCUT2D eigenvalue weighted by atomic mass is 9.89. The van der Waals surface area contributed by atoms with Crippen LogP contribution >= 0.6 is 0 Å². The van der Waals surface area contributed by atoms with E-state index in [1.807, 2.05) is 24.3 Å². The summed E-state index contributed by atoms with van der Waals surface area (Å²) >= 11 is 0. The van der Waals surface area contributed by atoms with E-state index < -0.39 is 0 Å². The summed E-state index contributed by atoms with van der Waals surface area (Å²) in [7, 11) is 0. The van der Waals surface area contributed by atoms with Crippen LogP contribution in [0.15, 0.2) is 229 Å². The monoisotopic (exact) mass is 827 g/mol. The number of aromatic nitrogens is 3. The molecule has 13 aromatic rings. The average molecular weight is 828 g/mol. The zero-order chi connectivity index (χ0) is 42.8. The van der Waals surface area contributed by atoms with E-state index in [0.717, 1.165) is 99.5 Å². The van der Waals surface area contributed by atoms with E-state index in [1.165, 1.54) is 27.3 Å². The second-order valence-electron chi connectivity index (χ2n) is 16.7. The molecule has 0 fully saturated rings. The van der Waals surface area contributed by atoms with Gasteiger partial charge in [0.1, 0.15) is 11.2 Å². The first-order valence-electron chi connectivity index (χ1n) is 22.0. The first kappa shape index (κ1) is 36.9. The topological polar surface area (TPSA) is 51.8 Å². The Kier molecular flexibility index (Phi) is 8.50. The van der Waals surface area contributed by atoms with Gasteiger partial charge in [-0.2, -0.15) is 0 Å². The van der Waals surface area contributed by atoms with Crippen LogP contribution in [-0.4, -0.2) is 15.0 Å². The summed E-state index contributed by atoms with van der Waals surface area (Å²) in [4.78, 5) is 15.9. The average Bonchev–Trinajstić information content (AvgIpc) is 3.76. The second-order valence-corrected chi connectivity index (χ2v) is 16.7. The normalized spacial score (nSPS) is 11.7. The third kappa shape index (κ3) is 6.18. The Morgan fingerprint density at radius 3 is 1.66 bits per heavy atom. The first-order chi connectivity index (χ1) is 32.2. The lowest BCUT2D eigenvalue weighted by Gasteiger charge is -2.16. The molecule has 3 heterocycles. The number of furan rings is 1. The maximum absolute atomic E-state index is 6.70. The van der Waals surface area contributed by atoms with Gasteiger partial charge in [0.15, 0.2) is 5.82 Å². The summed E-state index contributed by atoms with van der Waals surface area (Å²) in [5, 5.41) is 10.2. The summed E-state index contributed by atoms with van der Waals surface area (Å²) in [6.07, 6.45) is 0. The van der Waals surface area contributed by atoms with Gasteiger partial charge in [-0.15, -0.1) is 0 Å². The molecule has 10 aromatic carbocycles. The molecular weight excluding hydrogens is 791 g/mol. The summed E-state index contributed by atoms with van der Waals surface area (Å²) in [6, 6.07) is 79.1. The summed E-state index contributed by atoms with van der Waals surface area (Å²) in [6.45, 7) is 0. The first-order valence-corrected chi connectivity index (χ1v) is 22.0. The zero-order valence-corrected chi connectivity index (χ0v) is 35.1. The maximum Gasteiger partial charge on any atom is 0.160 e. The molecule has 302 valence electrons. The van der Waals surface area contributed by atoms with Gasteiger partial charge < -0.3 is 4.42 Å². The number of fused-ring (bicyclic) bond motifs is 9. The molecule has 0 amide bonds. The van der Waals surface area contributed by atoms with Crippen molar-refractivity contribution in [3.8, 4) is 67.4 Å². The third-order valence-electron chi connectivity index (χ3n) is 12.9. The number of pyridine rings is 1. The molecule has 13 rings (SSSR count). The highest BCUT2D eigenvalue weighted by Crippen LogP contribution is 2.47. The van der Waals surface area contributed by atoms with Crippen molar-refractivity contribution in [3.63, 3.8) is 0 Å². The molecule has 0 aliphatic heterocycles. The number of rotatable bonds is 6. The summed E-state index contributed by atoms with van der Waals surface area (Å²) < 4.78 is 6.70. The van der Waals surface area contributed by atoms with Gasteiger partial charge in [0.2, 0.25) is 0 Å². The highest BCUT2D eigenvalue weighted by Gasteiger charge is 2.22. The molecule has 0 saturated heterocycles. The number of hydrogen-bond donors (Lipinski definition) is 0. The lowest BCUT2D eigenvalue weighted by molar-refractivity contribution is 0.669. The Morgan fingerprint density at radius 2 is 0.877 bits per heavy atom. The van der Waals surface area contributed by atoms with Crippen LogP contribution in [0.5, 0.6) is 0 Å². The molecule has 4 nitrogen and oxygen atoms in total.